The SMILES string of the molecule is CN(C)[C@@H]1C(O)=C(C(N)=O)C(=O)[C@@]2(O)C(O)=C3C(=O)c4c(O)c(CNC(=O)C5CCCO5)cc(-c5ccc(F)cc5)c4CC3CC12. The molecule has 3 aliphatic carbocycles. The number of nitrogens with zero attached hydrogens (tertiary/aromatic N) is 1. The summed E-state index contributed by atoms with van der Waals surface area (Å²) in [5.41, 5.74) is 2.77. The summed E-state index contributed by atoms with van der Waals surface area (Å²) in [6.07, 6.45) is 0.602. The summed E-state index contributed by atoms with van der Waals surface area (Å²) < 4.78 is 19.3. The first-order valence-electron chi connectivity index (χ1n) is 14.9. The second kappa shape index (κ2) is 11.3. The molecule has 242 valence electrons. The molecule has 5 atom stereocenters. The monoisotopic (exact) mass is 635 g/mol. The molecular weight excluding hydrogens is 601 g/mol. The molecule has 6 rings (SSSR count). The number of amides is 2. The number of Topliss-reactive ketones (excluding diaryl/α,β-unsaturated/α-hetero) is 2. The van der Waals surface area contributed by atoms with Crippen LogP contribution in [0.3, 0.4) is 0 Å². The number of nitrogens with two attached hydrogens (primary N) is 1. The first-order valence-corrected chi connectivity index (χ1v) is 14.9. The second-order valence-corrected chi connectivity index (χ2v) is 12.5. The van der Waals surface area contributed by atoms with E-state index in [9.17, 15) is 44.0 Å². The van der Waals surface area contributed by atoms with Crippen molar-refractivity contribution in [2.24, 2.45) is 17.6 Å². The van der Waals surface area contributed by atoms with Crippen molar-refractivity contribution in [1.82, 2.24) is 10.2 Å². The molecule has 0 spiro atoms. The number of primary amides is 1. The summed E-state index contributed by atoms with van der Waals surface area (Å²) in [5.74, 6) is -8.44. The Morgan fingerprint density at radius 3 is 2.46 bits per heavy atom. The highest BCUT2D eigenvalue weighted by Gasteiger charge is 2.63. The molecule has 13 heteroatoms. The highest BCUT2D eigenvalue weighted by molar-refractivity contribution is 6.25. The lowest BCUT2D eigenvalue weighted by Gasteiger charge is -2.50. The van der Waals surface area contributed by atoms with Crippen LogP contribution in [-0.2, 0) is 32.1 Å². The van der Waals surface area contributed by atoms with E-state index in [-0.39, 0.29) is 36.1 Å². The number of fused-ring (bicyclic) bond motifs is 3. The molecule has 2 aromatic rings. The summed E-state index contributed by atoms with van der Waals surface area (Å²) in [7, 11) is 3.11. The molecule has 2 amide bonds. The average molecular weight is 636 g/mol. The molecule has 1 heterocycles. The number of aliphatic hydroxyl groups is 3. The number of aromatic hydroxyl groups is 1. The Labute approximate surface area is 263 Å². The predicted octanol–water partition coefficient (Wildman–Crippen LogP) is 1.72. The van der Waals surface area contributed by atoms with E-state index in [0.29, 0.717) is 29.7 Å². The van der Waals surface area contributed by atoms with Gasteiger partial charge < -0.3 is 36.2 Å². The Bertz CT molecular complexity index is 1740. The minimum atomic E-state index is -2.77. The normalized spacial score (nSPS) is 27.4. The van der Waals surface area contributed by atoms with Crippen molar-refractivity contribution in [2.75, 3.05) is 20.7 Å². The fourth-order valence-corrected chi connectivity index (χ4v) is 7.48. The van der Waals surface area contributed by atoms with Crippen LogP contribution in [0.5, 0.6) is 5.75 Å². The fourth-order valence-electron chi connectivity index (χ4n) is 7.48. The van der Waals surface area contributed by atoms with E-state index in [1.807, 2.05) is 0 Å². The van der Waals surface area contributed by atoms with Gasteiger partial charge in [-0.2, -0.15) is 0 Å². The number of ether oxygens (including phenoxy) is 1. The van der Waals surface area contributed by atoms with Gasteiger partial charge in [0.15, 0.2) is 11.4 Å². The van der Waals surface area contributed by atoms with Crippen LogP contribution in [0.25, 0.3) is 11.1 Å². The van der Waals surface area contributed by atoms with Gasteiger partial charge in [0.2, 0.25) is 11.7 Å². The van der Waals surface area contributed by atoms with Crippen molar-refractivity contribution in [1.29, 1.82) is 0 Å². The van der Waals surface area contributed by atoms with Crippen LogP contribution in [0.2, 0.25) is 0 Å². The number of aliphatic hydroxyl groups excluding tert-OH is 2. The zero-order valence-electron chi connectivity index (χ0n) is 25.2. The molecule has 1 aliphatic heterocycles. The number of carbonyl (C=O) groups excluding carboxylic acids is 4. The molecule has 0 bridgehead atoms. The number of rotatable bonds is 6. The maximum absolute atomic E-state index is 14.3. The smallest absolute Gasteiger partial charge is 0.255 e. The molecular formula is C33H34FN3O9. The van der Waals surface area contributed by atoms with Crippen molar-refractivity contribution >= 4 is 23.4 Å². The zero-order valence-corrected chi connectivity index (χ0v) is 25.2. The molecule has 0 aromatic heterocycles. The molecule has 46 heavy (non-hydrogen) atoms. The summed E-state index contributed by atoms with van der Waals surface area (Å²) in [4.78, 5) is 54.3. The van der Waals surface area contributed by atoms with E-state index in [2.05, 4.69) is 5.32 Å². The average Bonchev–Trinajstić information content (AvgIpc) is 3.54. The van der Waals surface area contributed by atoms with Gasteiger partial charge in [0.05, 0.1) is 11.6 Å². The molecule has 0 radical (unpaired) electrons. The first-order chi connectivity index (χ1) is 21.8. The minimum absolute atomic E-state index is 0.0529. The van der Waals surface area contributed by atoms with Crippen LogP contribution < -0.4 is 11.1 Å². The van der Waals surface area contributed by atoms with E-state index in [1.165, 1.54) is 29.2 Å². The summed E-state index contributed by atoms with van der Waals surface area (Å²) in [6, 6.07) is 6.01. The lowest BCUT2D eigenvalue weighted by molar-refractivity contribution is -0.148. The number of likely N-dealkylation sites (N-methyl/N-ethyl adjacent to an activating group) is 1. The van der Waals surface area contributed by atoms with Gasteiger partial charge in [-0.25, -0.2) is 4.39 Å². The first kappa shape index (κ1) is 31.4. The van der Waals surface area contributed by atoms with Gasteiger partial charge in [-0.3, -0.25) is 24.1 Å². The predicted molar refractivity (Wildman–Crippen MR) is 160 cm³/mol. The molecule has 7 N–H and O–H groups in total. The number of ketones is 2. The maximum Gasteiger partial charge on any atom is 0.255 e. The standard InChI is InChI=1S/C33H34FN3O9/c1-37(2)25-20-12-15-10-19-18(14-5-7-17(34)8-6-14)11-16(13-36-32(44)21-4-3-9-46-21)26(38)23(19)27(39)22(15)29(41)33(20,45)30(42)24(28(25)40)31(35)43/h5-8,11,15,20-21,25,38,40-41,45H,3-4,9-10,12-13H2,1-2H3,(H2,35,43)(H,36,44)/t15?,20?,21?,25-,33-/m0/s1. The van der Waals surface area contributed by atoms with Gasteiger partial charge in [0.1, 0.15) is 34.8 Å². The lowest BCUT2D eigenvalue weighted by Crippen LogP contribution is -2.63. The third-order valence-corrected chi connectivity index (χ3v) is 9.63. The number of phenolic OH excluding ortho intramolecular Hbond substituents is 1. The van der Waals surface area contributed by atoms with Gasteiger partial charge in [0, 0.05) is 30.2 Å². The summed E-state index contributed by atoms with van der Waals surface area (Å²) in [5, 5.41) is 48.6. The van der Waals surface area contributed by atoms with Gasteiger partial charge >= 0.3 is 0 Å². The molecule has 0 saturated carbocycles. The third kappa shape index (κ3) is 4.68. The largest absolute Gasteiger partial charge is 0.510 e. The number of carbonyl (C=O) groups is 4. The van der Waals surface area contributed by atoms with E-state index < -0.39 is 81.6 Å². The number of allylic oxidation sites excluding steroid dienone is 1. The molecule has 12 nitrogen and oxygen atoms in total. The van der Waals surface area contributed by atoms with Crippen LogP contribution >= 0.6 is 0 Å². The molecule has 1 fully saturated rings. The van der Waals surface area contributed by atoms with E-state index >= 15 is 0 Å². The number of nitrogens with one attached hydrogen (secondary N) is 1. The Morgan fingerprint density at radius 2 is 1.85 bits per heavy atom. The zero-order chi connectivity index (χ0) is 33.2. The molecule has 4 aliphatic rings. The van der Waals surface area contributed by atoms with E-state index in [1.54, 1.807) is 20.2 Å². The fraction of sp³-hybridized carbons (Fsp3) is 0.394. The van der Waals surface area contributed by atoms with Crippen LogP contribution in [0, 0.1) is 17.7 Å². The Balaban J connectivity index is 1.50. The summed E-state index contributed by atoms with van der Waals surface area (Å²) in [6.45, 7) is 0.265. The molecule has 1 saturated heterocycles. The maximum atomic E-state index is 14.3. The van der Waals surface area contributed by atoms with E-state index in [4.69, 9.17) is 10.5 Å². The van der Waals surface area contributed by atoms with Crippen molar-refractivity contribution in [3.8, 4) is 16.9 Å². The number of benzene rings is 2. The van der Waals surface area contributed by atoms with Crippen molar-refractivity contribution < 1.29 is 48.7 Å². The number of halogens is 1. The highest BCUT2D eigenvalue weighted by atomic mass is 19.1. The van der Waals surface area contributed by atoms with Crippen molar-refractivity contribution in [2.45, 2.75) is 50.0 Å². The Kier molecular flexibility index (Phi) is 7.74. The van der Waals surface area contributed by atoms with Gasteiger partial charge in [-0.05, 0) is 80.6 Å². The molecule has 3 unspecified atom stereocenters. The minimum Gasteiger partial charge on any atom is -0.510 e. The van der Waals surface area contributed by atoms with Crippen molar-refractivity contribution in [3.63, 3.8) is 0 Å². The topological polar surface area (TPSA) is 200 Å². The number of phenols is 1. The Hall–Kier alpha value is -4.59. The number of hydrogen-bond acceptors (Lipinski definition) is 10. The van der Waals surface area contributed by atoms with Crippen LogP contribution in [0.4, 0.5) is 4.39 Å². The third-order valence-electron chi connectivity index (χ3n) is 9.63. The van der Waals surface area contributed by atoms with E-state index in [0.717, 1.165) is 6.42 Å². The number of hydrogen-bond donors (Lipinski definition) is 6. The summed E-state index contributed by atoms with van der Waals surface area (Å²) >= 11 is 0. The van der Waals surface area contributed by atoms with Crippen LogP contribution in [0.1, 0.15) is 40.7 Å². The van der Waals surface area contributed by atoms with Gasteiger partial charge in [-0.1, -0.05) is 12.1 Å². The lowest BCUT2D eigenvalue weighted by atomic mass is 9.58. The second-order valence-electron chi connectivity index (χ2n) is 12.5. The highest BCUT2D eigenvalue weighted by Crippen LogP contribution is 2.53. The van der Waals surface area contributed by atoms with Crippen molar-refractivity contribution in [3.05, 3.63) is 75.5 Å². The Morgan fingerprint density at radius 1 is 1.15 bits per heavy atom. The van der Waals surface area contributed by atoms with Crippen LogP contribution in [-0.4, -0.2) is 87.2 Å². The molecule has 2 aromatic carbocycles. The van der Waals surface area contributed by atoms with Gasteiger partial charge in [-0.15, -0.1) is 0 Å². The van der Waals surface area contributed by atoms with Crippen LogP contribution in [0.15, 0.2) is 53.0 Å². The van der Waals surface area contributed by atoms with Gasteiger partial charge in [0.25, 0.3) is 5.91 Å². The quantitative estimate of drug-likeness (QED) is 0.254.